The molecule has 0 spiro atoms. The highest BCUT2D eigenvalue weighted by Crippen LogP contribution is 2.23. The molecule has 5 heteroatoms. The summed E-state index contributed by atoms with van der Waals surface area (Å²) in [5.74, 6) is 0.201. The molecule has 1 saturated carbocycles. The van der Waals surface area contributed by atoms with Crippen molar-refractivity contribution in [2.24, 2.45) is 5.92 Å². The molecular weight excluding hydrogens is 368 g/mol. The summed E-state index contributed by atoms with van der Waals surface area (Å²) in [5.41, 5.74) is 7.60. The number of nitrogen functional groups attached to an aromatic ring is 1. The highest BCUT2D eigenvalue weighted by molar-refractivity contribution is 6.11. The summed E-state index contributed by atoms with van der Waals surface area (Å²) < 4.78 is 26.3. The van der Waals surface area contributed by atoms with E-state index in [1.54, 1.807) is 31.3 Å². The van der Waals surface area contributed by atoms with E-state index < -0.39 is 5.82 Å². The summed E-state index contributed by atoms with van der Waals surface area (Å²) in [4.78, 5) is 0. The maximum absolute atomic E-state index is 13.3. The van der Waals surface area contributed by atoms with Crippen molar-refractivity contribution in [3.05, 3.63) is 83.6 Å². The zero-order valence-corrected chi connectivity index (χ0v) is 16.8. The Kier molecular flexibility index (Phi) is 8.59. The quantitative estimate of drug-likeness (QED) is 0.423. The number of nitrogens with two attached hydrogens (primary N) is 1. The van der Waals surface area contributed by atoms with Crippen molar-refractivity contribution in [1.82, 2.24) is 5.32 Å². The Bertz CT molecular complexity index is 868. The van der Waals surface area contributed by atoms with Crippen molar-refractivity contribution in [3.8, 4) is 0 Å². The van der Waals surface area contributed by atoms with E-state index >= 15 is 0 Å². The first-order chi connectivity index (χ1) is 13.9. The summed E-state index contributed by atoms with van der Waals surface area (Å²) in [7, 11) is 0. The van der Waals surface area contributed by atoms with Gasteiger partial charge < -0.3 is 16.5 Å². The van der Waals surface area contributed by atoms with E-state index in [-0.39, 0.29) is 17.2 Å². The van der Waals surface area contributed by atoms with Gasteiger partial charge in [0.15, 0.2) is 0 Å². The first-order valence-electron chi connectivity index (χ1n) is 9.83. The highest BCUT2D eigenvalue weighted by Gasteiger charge is 2.13. The number of aryl methyl sites for hydroxylation is 1. The molecule has 29 heavy (non-hydrogen) atoms. The number of allylic oxidation sites excluding steroid dienone is 1. The third-order valence-electron chi connectivity index (χ3n) is 4.94. The van der Waals surface area contributed by atoms with Gasteiger partial charge in [-0.05, 0) is 73.4 Å². The van der Waals surface area contributed by atoms with E-state index in [0.717, 1.165) is 12.5 Å². The Morgan fingerprint density at radius 2 is 1.97 bits per heavy atom. The lowest BCUT2D eigenvalue weighted by atomic mass is 10.0. The van der Waals surface area contributed by atoms with Gasteiger partial charge in [0.05, 0.1) is 5.71 Å². The standard InChI is InChI=1S/C16H14F2N2.C8H15N/c1-10-7-13(16(20)9-14(10)18)15(19)6-5-11-3-2-4-12(17)8-11;1-2-9-7-8-5-3-4-6-8/h2-9,19H,20H2,1H3;2,8-9H,1,3-7H2/b6-5+,19-15?;. The minimum Gasteiger partial charge on any atom is -0.398 e. The van der Waals surface area contributed by atoms with Gasteiger partial charge in [-0.25, -0.2) is 8.78 Å². The van der Waals surface area contributed by atoms with Crippen molar-refractivity contribution in [2.75, 3.05) is 12.3 Å². The minimum absolute atomic E-state index is 0.148. The smallest absolute Gasteiger partial charge is 0.128 e. The second-order valence-electron chi connectivity index (χ2n) is 7.25. The average molecular weight is 398 g/mol. The first kappa shape index (κ1) is 22.3. The van der Waals surface area contributed by atoms with Crippen molar-refractivity contribution < 1.29 is 8.78 Å². The molecule has 0 heterocycles. The fourth-order valence-electron chi connectivity index (χ4n) is 3.27. The largest absolute Gasteiger partial charge is 0.398 e. The fraction of sp³-hybridized carbons (Fsp3) is 0.292. The molecule has 4 N–H and O–H groups in total. The number of hydrogen-bond donors (Lipinski definition) is 3. The Balaban J connectivity index is 0.000000278. The lowest BCUT2D eigenvalue weighted by Crippen LogP contribution is -2.14. The van der Waals surface area contributed by atoms with Gasteiger partial charge in [0, 0.05) is 17.8 Å². The van der Waals surface area contributed by atoms with Crippen LogP contribution in [-0.4, -0.2) is 12.3 Å². The molecule has 0 atom stereocenters. The van der Waals surface area contributed by atoms with E-state index in [1.165, 1.54) is 56.0 Å². The van der Waals surface area contributed by atoms with E-state index in [1.807, 2.05) is 0 Å². The van der Waals surface area contributed by atoms with Gasteiger partial charge >= 0.3 is 0 Å². The first-order valence-corrected chi connectivity index (χ1v) is 9.83. The zero-order chi connectivity index (χ0) is 21.2. The average Bonchev–Trinajstić information content (AvgIpc) is 3.21. The Hall–Kier alpha value is -2.95. The molecule has 1 aliphatic rings. The number of benzene rings is 2. The van der Waals surface area contributed by atoms with Gasteiger partial charge in [-0.15, -0.1) is 0 Å². The number of anilines is 1. The second kappa shape index (κ2) is 11.1. The zero-order valence-electron chi connectivity index (χ0n) is 16.8. The predicted octanol–water partition coefficient (Wildman–Crippen LogP) is 5.85. The van der Waals surface area contributed by atoms with E-state index in [2.05, 4.69) is 11.9 Å². The molecule has 1 fully saturated rings. The van der Waals surface area contributed by atoms with Gasteiger partial charge in [-0.2, -0.15) is 0 Å². The van der Waals surface area contributed by atoms with Crippen LogP contribution in [0.25, 0.3) is 6.08 Å². The summed E-state index contributed by atoms with van der Waals surface area (Å²) in [6, 6.07) is 8.77. The summed E-state index contributed by atoms with van der Waals surface area (Å²) >= 11 is 0. The maximum atomic E-state index is 13.3. The molecule has 0 aliphatic heterocycles. The molecule has 0 bridgehead atoms. The Morgan fingerprint density at radius 1 is 1.24 bits per heavy atom. The van der Waals surface area contributed by atoms with Crippen LogP contribution in [0.15, 0.2) is 55.3 Å². The van der Waals surface area contributed by atoms with Crippen LogP contribution in [0.2, 0.25) is 0 Å². The molecule has 2 aromatic rings. The number of nitrogens with one attached hydrogen (secondary N) is 2. The topological polar surface area (TPSA) is 61.9 Å². The second-order valence-corrected chi connectivity index (χ2v) is 7.25. The molecule has 3 nitrogen and oxygen atoms in total. The maximum Gasteiger partial charge on any atom is 0.128 e. The molecule has 0 aromatic heterocycles. The number of hydrogen-bond acceptors (Lipinski definition) is 3. The van der Waals surface area contributed by atoms with Crippen molar-refractivity contribution in [2.45, 2.75) is 32.6 Å². The van der Waals surface area contributed by atoms with Crippen LogP contribution < -0.4 is 11.1 Å². The van der Waals surface area contributed by atoms with Crippen LogP contribution in [0, 0.1) is 29.9 Å². The molecule has 0 unspecified atom stereocenters. The summed E-state index contributed by atoms with van der Waals surface area (Å²) in [5, 5.41) is 11.1. The van der Waals surface area contributed by atoms with Gasteiger partial charge in [0.1, 0.15) is 11.6 Å². The van der Waals surface area contributed by atoms with Gasteiger partial charge in [0.25, 0.3) is 0 Å². The van der Waals surface area contributed by atoms with Crippen LogP contribution >= 0.6 is 0 Å². The van der Waals surface area contributed by atoms with Gasteiger partial charge in [0.2, 0.25) is 0 Å². The van der Waals surface area contributed by atoms with E-state index in [0.29, 0.717) is 16.7 Å². The summed E-state index contributed by atoms with van der Waals surface area (Å²) in [6.07, 6.45) is 10.6. The fourth-order valence-corrected chi connectivity index (χ4v) is 3.27. The van der Waals surface area contributed by atoms with E-state index in [4.69, 9.17) is 11.1 Å². The van der Waals surface area contributed by atoms with Crippen LogP contribution in [0.1, 0.15) is 42.4 Å². The molecular formula is C24H29F2N3. The highest BCUT2D eigenvalue weighted by atomic mass is 19.1. The molecule has 0 amide bonds. The molecule has 0 radical (unpaired) electrons. The third-order valence-corrected chi connectivity index (χ3v) is 4.94. The van der Waals surface area contributed by atoms with Crippen molar-refractivity contribution in [3.63, 3.8) is 0 Å². The predicted molar refractivity (Wildman–Crippen MR) is 118 cm³/mol. The molecule has 1 aliphatic carbocycles. The van der Waals surface area contributed by atoms with Gasteiger partial charge in [-0.3, -0.25) is 0 Å². The molecule has 154 valence electrons. The monoisotopic (exact) mass is 397 g/mol. The van der Waals surface area contributed by atoms with Crippen LogP contribution in [0.4, 0.5) is 14.5 Å². The molecule has 3 rings (SSSR count). The SMILES string of the molecule is C=CNCC1CCCC1.Cc1cc(C(=N)/C=C/c2cccc(F)c2)c(N)cc1F. The Morgan fingerprint density at radius 3 is 2.62 bits per heavy atom. The van der Waals surface area contributed by atoms with Crippen LogP contribution in [0.3, 0.4) is 0 Å². The Labute approximate surface area is 171 Å². The number of halogens is 2. The van der Waals surface area contributed by atoms with Crippen LogP contribution in [0.5, 0.6) is 0 Å². The van der Waals surface area contributed by atoms with E-state index in [9.17, 15) is 8.78 Å². The molecule has 0 saturated heterocycles. The minimum atomic E-state index is -0.395. The van der Waals surface area contributed by atoms with Crippen LogP contribution in [-0.2, 0) is 0 Å². The van der Waals surface area contributed by atoms with Crippen molar-refractivity contribution >= 4 is 17.5 Å². The number of rotatable bonds is 6. The van der Waals surface area contributed by atoms with Gasteiger partial charge in [-0.1, -0.05) is 37.6 Å². The molecule has 2 aromatic carbocycles. The summed E-state index contributed by atoms with van der Waals surface area (Å²) in [6.45, 7) is 6.37. The lowest BCUT2D eigenvalue weighted by molar-refractivity contribution is 0.527. The van der Waals surface area contributed by atoms with Crippen molar-refractivity contribution in [1.29, 1.82) is 5.41 Å². The lowest BCUT2D eigenvalue weighted by Gasteiger charge is -2.06. The normalized spacial score (nSPS) is 13.8. The third kappa shape index (κ3) is 7.18.